The van der Waals surface area contributed by atoms with Gasteiger partial charge in [-0.25, -0.2) is 4.68 Å². The lowest BCUT2D eigenvalue weighted by molar-refractivity contribution is 0.102. The van der Waals surface area contributed by atoms with Crippen LogP contribution in [-0.4, -0.2) is 29.9 Å². The predicted octanol–water partition coefficient (Wildman–Crippen LogP) is 6.60. The van der Waals surface area contributed by atoms with Gasteiger partial charge in [0.05, 0.1) is 31.8 Å². The molecular formula is C30H25N3O4. The molecule has 184 valence electrons. The highest BCUT2D eigenvalue weighted by Crippen LogP contribution is 2.35. The van der Waals surface area contributed by atoms with Gasteiger partial charge in [-0.15, -0.1) is 0 Å². The van der Waals surface area contributed by atoms with Crippen LogP contribution in [0.25, 0.3) is 16.9 Å². The lowest BCUT2D eigenvalue weighted by Crippen LogP contribution is -2.12. The molecule has 1 heterocycles. The molecule has 1 N–H and O–H groups in total. The Morgan fingerprint density at radius 2 is 1.41 bits per heavy atom. The zero-order valence-corrected chi connectivity index (χ0v) is 20.4. The van der Waals surface area contributed by atoms with Crippen LogP contribution in [0.4, 0.5) is 5.69 Å². The summed E-state index contributed by atoms with van der Waals surface area (Å²) in [5.41, 5.74) is 3.29. The van der Waals surface area contributed by atoms with Crippen LogP contribution in [0, 0.1) is 0 Å². The van der Waals surface area contributed by atoms with Gasteiger partial charge >= 0.3 is 0 Å². The minimum Gasteiger partial charge on any atom is -0.493 e. The van der Waals surface area contributed by atoms with E-state index in [2.05, 4.69) is 5.32 Å². The molecule has 0 saturated heterocycles. The normalized spacial score (nSPS) is 10.5. The van der Waals surface area contributed by atoms with Crippen LogP contribution in [0.15, 0.2) is 109 Å². The summed E-state index contributed by atoms with van der Waals surface area (Å²) in [6, 6.07) is 31.7. The number of nitrogens with one attached hydrogen (secondary N) is 1. The number of nitrogens with zero attached hydrogens (tertiary/aromatic N) is 2. The van der Waals surface area contributed by atoms with Crippen molar-refractivity contribution in [1.29, 1.82) is 0 Å². The van der Waals surface area contributed by atoms with Gasteiger partial charge in [-0.05, 0) is 66.7 Å². The zero-order chi connectivity index (χ0) is 25.6. The summed E-state index contributed by atoms with van der Waals surface area (Å²) >= 11 is 0. The second-order valence-electron chi connectivity index (χ2n) is 8.13. The fraction of sp³-hybridized carbons (Fsp3) is 0.0667. The minimum absolute atomic E-state index is 0.263. The summed E-state index contributed by atoms with van der Waals surface area (Å²) in [5, 5.41) is 7.79. The van der Waals surface area contributed by atoms with Crippen molar-refractivity contribution in [2.45, 2.75) is 0 Å². The molecule has 7 nitrogen and oxygen atoms in total. The van der Waals surface area contributed by atoms with E-state index in [9.17, 15) is 4.79 Å². The molecule has 0 fully saturated rings. The molecule has 7 heteroatoms. The third kappa shape index (κ3) is 5.31. The molecule has 37 heavy (non-hydrogen) atoms. The van der Waals surface area contributed by atoms with Gasteiger partial charge in [0.15, 0.2) is 11.5 Å². The molecule has 1 aromatic heterocycles. The number of ether oxygens (including phenoxy) is 3. The van der Waals surface area contributed by atoms with E-state index in [-0.39, 0.29) is 5.91 Å². The number of carbonyl (C=O) groups is 1. The number of anilines is 1. The van der Waals surface area contributed by atoms with Gasteiger partial charge in [-0.2, -0.15) is 5.10 Å². The quantitative estimate of drug-likeness (QED) is 0.265. The van der Waals surface area contributed by atoms with Crippen molar-refractivity contribution < 1.29 is 19.0 Å². The maximum absolute atomic E-state index is 13.2. The van der Waals surface area contributed by atoms with Gasteiger partial charge in [0.2, 0.25) is 0 Å². The monoisotopic (exact) mass is 491 g/mol. The largest absolute Gasteiger partial charge is 0.493 e. The Hall–Kier alpha value is -5.04. The summed E-state index contributed by atoms with van der Waals surface area (Å²) in [5.74, 6) is 2.29. The van der Waals surface area contributed by atoms with Gasteiger partial charge in [0, 0.05) is 11.1 Å². The van der Waals surface area contributed by atoms with Crippen LogP contribution in [0.5, 0.6) is 23.0 Å². The second kappa shape index (κ2) is 10.7. The van der Waals surface area contributed by atoms with Crippen molar-refractivity contribution in [3.05, 3.63) is 115 Å². The maximum Gasteiger partial charge on any atom is 0.255 e. The molecule has 0 radical (unpaired) electrons. The van der Waals surface area contributed by atoms with Crippen molar-refractivity contribution in [1.82, 2.24) is 9.78 Å². The number of methoxy groups -OCH3 is 2. The fourth-order valence-corrected chi connectivity index (χ4v) is 3.87. The SMILES string of the molecule is COc1ccc(-c2nn(-c3ccccc3)cc2NC(=O)c2ccc(Oc3ccccc3)cc2)cc1OC. The van der Waals surface area contributed by atoms with Gasteiger partial charge in [-0.1, -0.05) is 36.4 Å². The van der Waals surface area contributed by atoms with Crippen LogP contribution in [-0.2, 0) is 0 Å². The van der Waals surface area contributed by atoms with Gasteiger partial charge in [0.25, 0.3) is 5.91 Å². The first-order chi connectivity index (χ1) is 18.1. The van der Waals surface area contributed by atoms with Crippen LogP contribution >= 0.6 is 0 Å². The molecule has 0 unspecified atom stereocenters. The van der Waals surface area contributed by atoms with Crippen LogP contribution in [0.2, 0.25) is 0 Å². The van der Waals surface area contributed by atoms with Crippen molar-refractivity contribution in [2.24, 2.45) is 0 Å². The zero-order valence-electron chi connectivity index (χ0n) is 20.4. The lowest BCUT2D eigenvalue weighted by Gasteiger charge is -2.10. The Balaban J connectivity index is 1.44. The first kappa shape index (κ1) is 23.7. The third-order valence-electron chi connectivity index (χ3n) is 5.74. The average molecular weight is 492 g/mol. The minimum atomic E-state index is -0.263. The van der Waals surface area contributed by atoms with Crippen LogP contribution in [0.3, 0.4) is 0 Å². The summed E-state index contributed by atoms with van der Waals surface area (Å²) in [4.78, 5) is 13.2. The third-order valence-corrected chi connectivity index (χ3v) is 5.74. The van der Waals surface area contributed by atoms with Crippen molar-refractivity contribution in [2.75, 3.05) is 19.5 Å². The fourth-order valence-electron chi connectivity index (χ4n) is 3.87. The van der Waals surface area contributed by atoms with Gasteiger partial charge < -0.3 is 19.5 Å². The summed E-state index contributed by atoms with van der Waals surface area (Å²) < 4.78 is 18.4. The molecule has 1 amide bonds. The van der Waals surface area contributed by atoms with E-state index in [1.807, 2.05) is 78.9 Å². The highest BCUT2D eigenvalue weighted by Gasteiger charge is 2.18. The van der Waals surface area contributed by atoms with E-state index in [4.69, 9.17) is 19.3 Å². The Morgan fingerprint density at radius 3 is 2.08 bits per heavy atom. The van der Waals surface area contributed by atoms with E-state index < -0.39 is 0 Å². The van der Waals surface area contributed by atoms with Crippen molar-refractivity contribution in [3.8, 4) is 39.9 Å². The second-order valence-corrected chi connectivity index (χ2v) is 8.13. The number of benzene rings is 4. The molecule has 0 aliphatic rings. The number of carbonyl (C=O) groups excluding carboxylic acids is 1. The number of aromatic nitrogens is 2. The van der Waals surface area contributed by atoms with Crippen LogP contribution in [0.1, 0.15) is 10.4 Å². The predicted molar refractivity (Wildman–Crippen MR) is 143 cm³/mol. The standard InChI is InChI=1S/C30H25N3O4/c1-35-27-18-15-22(19-28(27)36-2)29-26(20-33(32-29)23-9-5-3-6-10-23)31-30(34)21-13-16-25(17-14-21)37-24-11-7-4-8-12-24/h3-20H,1-2H3,(H,31,34). The first-order valence-corrected chi connectivity index (χ1v) is 11.7. The lowest BCUT2D eigenvalue weighted by atomic mass is 10.1. The Kier molecular flexibility index (Phi) is 6.85. The average Bonchev–Trinajstić information content (AvgIpc) is 3.37. The van der Waals surface area contributed by atoms with Crippen LogP contribution < -0.4 is 19.5 Å². The Bertz CT molecular complexity index is 1500. The number of hydrogen-bond acceptors (Lipinski definition) is 5. The van der Waals surface area contributed by atoms with Crippen molar-refractivity contribution in [3.63, 3.8) is 0 Å². The maximum atomic E-state index is 13.2. The molecular weight excluding hydrogens is 466 g/mol. The van der Waals surface area contributed by atoms with Crippen molar-refractivity contribution >= 4 is 11.6 Å². The van der Waals surface area contributed by atoms with E-state index in [0.29, 0.717) is 34.2 Å². The highest BCUT2D eigenvalue weighted by molar-refractivity contribution is 6.06. The van der Waals surface area contributed by atoms with E-state index in [0.717, 1.165) is 17.0 Å². The summed E-state index contributed by atoms with van der Waals surface area (Å²) in [7, 11) is 3.17. The molecule has 0 bridgehead atoms. The molecule has 5 rings (SSSR count). The number of amides is 1. The van der Waals surface area contributed by atoms with E-state index in [1.54, 1.807) is 49.4 Å². The van der Waals surface area contributed by atoms with E-state index in [1.165, 1.54) is 0 Å². The molecule has 0 atom stereocenters. The smallest absolute Gasteiger partial charge is 0.255 e. The Labute approximate surface area is 214 Å². The molecule has 5 aromatic rings. The van der Waals surface area contributed by atoms with Gasteiger partial charge in [0.1, 0.15) is 17.2 Å². The molecule has 0 aliphatic heterocycles. The molecule has 0 aliphatic carbocycles. The Morgan fingerprint density at radius 1 is 0.757 bits per heavy atom. The molecule has 0 spiro atoms. The summed E-state index contributed by atoms with van der Waals surface area (Å²) in [6.45, 7) is 0. The number of para-hydroxylation sites is 2. The number of hydrogen-bond donors (Lipinski definition) is 1. The van der Waals surface area contributed by atoms with E-state index >= 15 is 0 Å². The molecule has 0 saturated carbocycles. The first-order valence-electron chi connectivity index (χ1n) is 11.7. The topological polar surface area (TPSA) is 74.6 Å². The highest BCUT2D eigenvalue weighted by atomic mass is 16.5. The number of rotatable bonds is 8. The van der Waals surface area contributed by atoms with Gasteiger partial charge in [-0.3, -0.25) is 4.79 Å². The molecule has 4 aromatic carbocycles. The summed E-state index contributed by atoms with van der Waals surface area (Å²) in [6.07, 6.45) is 1.80.